The number of alkyl halides is 1. The lowest BCUT2D eigenvalue weighted by atomic mass is 10.0. The van der Waals surface area contributed by atoms with Crippen LogP contribution in [0.3, 0.4) is 0 Å². The molecule has 0 aliphatic carbocycles. The van der Waals surface area contributed by atoms with Gasteiger partial charge in [0.2, 0.25) is 5.75 Å². The first-order chi connectivity index (χ1) is 15.2. The molecule has 0 radical (unpaired) electrons. The quantitative estimate of drug-likeness (QED) is 0.440. The van der Waals surface area contributed by atoms with Crippen molar-refractivity contribution >= 4 is 39.8 Å². The number of nitrogens with zero attached hydrogens (tertiary/aromatic N) is 2. The van der Waals surface area contributed by atoms with Crippen molar-refractivity contribution < 1.29 is 19.0 Å². The number of hydrogen-bond donors (Lipinski definition) is 1. The molecule has 1 aliphatic heterocycles. The molecule has 0 saturated heterocycles. The fraction of sp³-hybridized carbons (Fsp3) is 0.375. The summed E-state index contributed by atoms with van der Waals surface area (Å²) < 4.78 is 17.2. The lowest BCUT2D eigenvalue weighted by Crippen LogP contribution is -2.35. The van der Waals surface area contributed by atoms with Gasteiger partial charge in [0.05, 0.1) is 53.7 Å². The van der Waals surface area contributed by atoms with Gasteiger partial charge in [-0.3, -0.25) is 9.28 Å². The maximum absolute atomic E-state index is 13.7. The number of quaternary nitrogens is 1. The van der Waals surface area contributed by atoms with Crippen LogP contribution >= 0.6 is 11.6 Å². The number of rotatable bonds is 6. The molecule has 1 amide bonds. The maximum atomic E-state index is 13.7. The second kappa shape index (κ2) is 8.22. The highest BCUT2D eigenvalue weighted by atomic mass is 35.5. The number of halogens is 1. The van der Waals surface area contributed by atoms with Crippen LogP contribution in [0.25, 0.3) is 10.9 Å². The number of carbonyl (C=O) groups excluding carboxylic acids is 1. The number of amides is 1. The SMILES string of the molecule is COc1cc2cc(C(=O)N3CC(CCl)c4ccc([N+](C)(C)C)cc43)[nH]c2c(OC)c1OC. The Bertz CT molecular complexity index is 1180. The Kier molecular flexibility index (Phi) is 5.73. The number of aromatic nitrogens is 1. The van der Waals surface area contributed by atoms with Gasteiger partial charge in [-0.25, -0.2) is 0 Å². The van der Waals surface area contributed by atoms with Crippen molar-refractivity contribution in [1.29, 1.82) is 0 Å². The number of carbonyl (C=O) groups is 1. The number of H-pyrrole nitrogens is 1. The molecule has 8 heteroatoms. The molecule has 2 aromatic carbocycles. The van der Waals surface area contributed by atoms with Gasteiger partial charge in [-0.15, -0.1) is 11.6 Å². The molecule has 1 atom stereocenters. The number of fused-ring (bicyclic) bond motifs is 2. The standard InChI is InChI=1S/C24H28ClN3O4/c1-28(2,3)16-7-8-17-15(12-25)13-27(19(17)11-16)24(29)18-9-14-10-20(30-4)22(31-5)23(32-6)21(14)26-18/h7-11,15H,12-13H2,1-6H3/p+1. The highest BCUT2D eigenvalue weighted by Crippen LogP contribution is 2.44. The minimum absolute atomic E-state index is 0.0937. The molecule has 1 aliphatic rings. The second-order valence-corrected chi connectivity index (χ2v) is 9.12. The third kappa shape index (κ3) is 3.55. The van der Waals surface area contributed by atoms with Gasteiger partial charge < -0.3 is 24.1 Å². The van der Waals surface area contributed by atoms with Gasteiger partial charge in [0.1, 0.15) is 11.4 Å². The van der Waals surface area contributed by atoms with E-state index in [1.165, 1.54) is 0 Å². The summed E-state index contributed by atoms with van der Waals surface area (Å²) in [6.07, 6.45) is 0. The van der Waals surface area contributed by atoms with E-state index in [0.29, 0.717) is 45.4 Å². The molecular formula is C24H29ClN3O4+. The maximum Gasteiger partial charge on any atom is 0.274 e. The van der Waals surface area contributed by atoms with Crippen molar-refractivity contribution in [2.75, 3.05) is 59.8 Å². The second-order valence-electron chi connectivity index (χ2n) is 8.82. The van der Waals surface area contributed by atoms with E-state index in [4.69, 9.17) is 25.8 Å². The van der Waals surface area contributed by atoms with Gasteiger partial charge in [0, 0.05) is 29.8 Å². The zero-order valence-corrected chi connectivity index (χ0v) is 20.0. The molecule has 2 heterocycles. The molecule has 1 unspecified atom stereocenters. The fourth-order valence-corrected chi connectivity index (χ4v) is 4.54. The van der Waals surface area contributed by atoms with Crippen LogP contribution in [0, 0.1) is 0 Å². The summed E-state index contributed by atoms with van der Waals surface area (Å²) >= 11 is 6.26. The molecule has 7 nitrogen and oxygen atoms in total. The Hall–Kier alpha value is -2.90. The summed E-state index contributed by atoms with van der Waals surface area (Å²) in [5, 5.41) is 0.802. The lowest BCUT2D eigenvalue weighted by molar-refractivity contribution is 0.0984. The van der Waals surface area contributed by atoms with E-state index in [1.807, 2.05) is 17.0 Å². The summed E-state index contributed by atoms with van der Waals surface area (Å²) in [5.74, 6) is 1.94. The van der Waals surface area contributed by atoms with E-state index < -0.39 is 0 Å². The molecule has 0 spiro atoms. The smallest absolute Gasteiger partial charge is 0.274 e. The number of ether oxygens (including phenoxy) is 3. The van der Waals surface area contributed by atoms with E-state index in [2.05, 4.69) is 44.3 Å². The molecule has 0 saturated carbocycles. The van der Waals surface area contributed by atoms with Gasteiger partial charge in [-0.2, -0.15) is 0 Å². The van der Waals surface area contributed by atoms with Crippen molar-refractivity contribution in [3.8, 4) is 17.2 Å². The van der Waals surface area contributed by atoms with Crippen LogP contribution in [-0.4, -0.2) is 65.8 Å². The summed E-state index contributed by atoms with van der Waals surface area (Å²) in [4.78, 5) is 18.7. The van der Waals surface area contributed by atoms with Crippen molar-refractivity contribution in [2.45, 2.75) is 5.92 Å². The highest BCUT2D eigenvalue weighted by molar-refractivity contribution is 6.19. The number of hydrogen-bond acceptors (Lipinski definition) is 4. The average Bonchev–Trinajstić information content (AvgIpc) is 3.37. The van der Waals surface area contributed by atoms with Crippen molar-refractivity contribution in [1.82, 2.24) is 9.47 Å². The van der Waals surface area contributed by atoms with Crippen LogP contribution in [-0.2, 0) is 0 Å². The van der Waals surface area contributed by atoms with E-state index in [1.54, 1.807) is 21.3 Å². The number of benzene rings is 2. The molecule has 4 rings (SSSR count). The molecule has 1 N–H and O–H groups in total. The minimum atomic E-state index is -0.117. The predicted octanol–water partition coefficient (Wildman–Crippen LogP) is 4.37. The van der Waals surface area contributed by atoms with Crippen LogP contribution < -0.4 is 23.6 Å². The van der Waals surface area contributed by atoms with Crippen LogP contribution in [0.4, 0.5) is 11.4 Å². The first kappa shape index (κ1) is 22.3. The minimum Gasteiger partial charge on any atom is -0.493 e. The van der Waals surface area contributed by atoms with E-state index >= 15 is 0 Å². The Labute approximate surface area is 193 Å². The van der Waals surface area contributed by atoms with Gasteiger partial charge in [-0.05, 0) is 23.8 Å². The van der Waals surface area contributed by atoms with Crippen LogP contribution in [0.2, 0.25) is 0 Å². The van der Waals surface area contributed by atoms with Crippen LogP contribution in [0.15, 0.2) is 30.3 Å². The highest BCUT2D eigenvalue weighted by Gasteiger charge is 2.35. The molecule has 1 aromatic heterocycles. The summed E-state index contributed by atoms with van der Waals surface area (Å²) in [6.45, 7) is 0.539. The summed E-state index contributed by atoms with van der Waals surface area (Å²) in [7, 11) is 11.0. The molecule has 170 valence electrons. The summed E-state index contributed by atoms with van der Waals surface area (Å²) in [5.41, 5.74) is 4.27. The third-order valence-electron chi connectivity index (χ3n) is 6.00. The zero-order chi connectivity index (χ0) is 23.2. The normalized spacial score (nSPS) is 15.7. The topological polar surface area (TPSA) is 63.8 Å². The van der Waals surface area contributed by atoms with Crippen LogP contribution in [0.5, 0.6) is 17.2 Å². The van der Waals surface area contributed by atoms with Crippen molar-refractivity contribution in [2.24, 2.45) is 0 Å². The predicted molar refractivity (Wildman–Crippen MR) is 129 cm³/mol. The van der Waals surface area contributed by atoms with Gasteiger partial charge >= 0.3 is 0 Å². The molecular weight excluding hydrogens is 430 g/mol. The Balaban J connectivity index is 1.80. The Morgan fingerprint density at radius 3 is 2.41 bits per heavy atom. The van der Waals surface area contributed by atoms with Gasteiger partial charge in [0.25, 0.3) is 5.91 Å². The van der Waals surface area contributed by atoms with Crippen molar-refractivity contribution in [3.63, 3.8) is 0 Å². The molecule has 0 bridgehead atoms. The van der Waals surface area contributed by atoms with E-state index in [-0.39, 0.29) is 11.8 Å². The van der Waals surface area contributed by atoms with E-state index in [0.717, 1.165) is 22.3 Å². The third-order valence-corrected chi connectivity index (χ3v) is 6.38. The Morgan fingerprint density at radius 1 is 1.09 bits per heavy atom. The first-order valence-electron chi connectivity index (χ1n) is 10.4. The van der Waals surface area contributed by atoms with Gasteiger partial charge in [0.15, 0.2) is 11.5 Å². The first-order valence-corrected chi connectivity index (χ1v) is 10.9. The average molecular weight is 459 g/mol. The monoisotopic (exact) mass is 458 g/mol. The van der Waals surface area contributed by atoms with Gasteiger partial charge in [-0.1, -0.05) is 6.07 Å². The molecule has 0 fully saturated rings. The Morgan fingerprint density at radius 2 is 1.81 bits per heavy atom. The number of nitrogens with one attached hydrogen (secondary N) is 1. The summed E-state index contributed by atoms with van der Waals surface area (Å²) in [6, 6.07) is 9.95. The number of aromatic amines is 1. The number of methoxy groups -OCH3 is 3. The zero-order valence-electron chi connectivity index (χ0n) is 19.3. The van der Waals surface area contributed by atoms with E-state index in [9.17, 15) is 4.79 Å². The molecule has 32 heavy (non-hydrogen) atoms. The molecule has 3 aromatic rings. The largest absolute Gasteiger partial charge is 0.493 e. The number of anilines is 1. The fourth-order valence-electron chi connectivity index (χ4n) is 4.27. The van der Waals surface area contributed by atoms with Crippen molar-refractivity contribution in [3.05, 3.63) is 41.6 Å². The van der Waals surface area contributed by atoms with Crippen LogP contribution in [0.1, 0.15) is 22.0 Å². The lowest BCUT2D eigenvalue weighted by Gasteiger charge is -2.25.